The van der Waals surface area contributed by atoms with Gasteiger partial charge in [0.15, 0.2) is 11.5 Å². The second-order valence-electron chi connectivity index (χ2n) is 4.79. The second-order valence-corrected chi connectivity index (χ2v) is 4.79. The Bertz CT molecular complexity index is 686. The van der Waals surface area contributed by atoms with Crippen LogP contribution in [-0.4, -0.2) is 0 Å². The summed E-state index contributed by atoms with van der Waals surface area (Å²) >= 11 is 0. The van der Waals surface area contributed by atoms with Gasteiger partial charge in [-0.25, -0.2) is 0 Å². The SMILES string of the molecule is Nc1ccc(Oc2ccccc2Oc2ccc(N)cc2)cc1. The lowest BCUT2D eigenvalue weighted by molar-refractivity contribution is 0.419. The Morgan fingerprint density at radius 2 is 0.864 bits per heavy atom. The van der Waals surface area contributed by atoms with Gasteiger partial charge in [-0.15, -0.1) is 0 Å². The van der Waals surface area contributed by atoms with Crippen molar-refractivity contribution in [1.29, 1.82) is 0 Å². The van der Waals surface area contributed by atoms with Crippen molar-refractivity contribution in [3.05, 3.63) is 72.8 Å². The van der Waals surface area contributed by atoms with Crippen molar-refractivity contribution in [2.75, 3.05) is 11.5 Å². The summed E-state index contributed by atoms with van der Waals surface area (Å²) in [4.78, 5) is 0. The quantitative estimate of drug-likeness (QED) is 0.698. The summed E-state index contributed by atoms with van der Waals surface area (Å²) in [6.45, 7) is 0. The fourth-order valence-electron chi connectivity index (χ4n) is 1.94. The predicted octanol–water partition coefficient (Wildman–Crippen LogP) is 4.44. The van der Waals surface area contributed by atoms with Crippen molar-refractivity contribution >= 4 is 11.4 Å². The van der Waals surface area contributed by atoms with E-state index < -0.39 is 0 Å². The molecule has 0 bridgehead atoms. The maximum Gasteiger partial charge on any atom is 0.169 e. The van der Waals surface area contributed by atoms with E-state index in [2.05, 4.69) is 0 Å². The van der Waals surface area contributed by atoms with Gasteiger partial charge >= 0.3 is 0 Å². The predicted molar refractivity (Wildman–Crippen MR) is 88.3 cm³/mol. The number of hydrogen-bond donors (Lipinski definition) is 2. The van der Waals surface area contributed by atoms with E-state index in [1.165, 1.54) is 0 Å². The highest BCUT2D eigenvalue weighted by molar-refractivity contribution is 5.48. The number of nitrogens with two attached hydrogens (primary N) is 2. The topological polar surface area (TPSA) is 70.5 Å². The van der Waals surface area contributed by atoms with E-state index in [1.807, 2.05) is 48.5 Å². The second kappa shape index (κ2) is 6.10. The highest BCUT2D eigenvalue weighted by atomic mass is 16.5. The van der Waals surface area contributed by atoms with Crippen LogP contribution >= 0.6 is 0 Å². The van der Waals surface area contributed by atoms with Crippen LogP contribution in [0.2, 0.25) is 0 Å². The Balaban J connectivity index is 1.83. The molecule has 0 aromatic heterocycles. The third-order valence-corrected chi connectivity index (χ3v) is 3.06. The van der Waals surface area contributed by atoms with Gasteiger partial charge in [0.25, 0.3) is 0 Å². The van der Waals surface area contributed by atoms with E-state index in [-0.39, 0.29) is 0 Å². The van der Waals surface area contributed by atoms with Crippen molar-refractivity contribution in [1.82, 2.24) is 0 Å². The summed E-state index contributed by atoms with van der Waals surface area (Å²) in [6, 6.07) is 21.9. The molecule has 0 unspecified atom stereocenters. The molecule has 3 aromatic rings. The molecule has 0 radical (unpaired) electrons. The smallest absolute Gasteiger partial charge is 0.169 e. The molecule has 0 aliphatic carbocycles. The number of nitrogen functional groups attached to an aromatic ring is 2. The first-order valence-electron chi connectivity index (χ1n) is 6.86. The molecule has 0 spiro atoms. The average molecular weight is 292 g/mol. The molecule has 4 heteroatoms. The van der Waals surface area contributed by atoms with Crippen molar-refractivity contribution in [2.45, 2.75) is 0 Å². The van der Waals surface area contributed by atoms with Gasteiger partial charge in [-0.05, 0) is 60.7 Å². The fraction of sp³-hybridized carbons (Fsp3) is 0. The van der Waals surface area contributed by atoms with Crippen molar-refractivity contribution < 1.29 is 9.47 Å². The Kier molecular flexibility index (Phi) is 3.83. The van der Waals surface area contributed by atoms with Gasteiger partial charge in [0.05, 0.1) is 0 Å². The average Bonchev–Trinajstić information content (AvgIpc) is 2.54. The van der Waals surface area contributed by atoms with Crippen molar-refractivity contribution in [3.8, 4) is 23.0 Å². The Hall–Kier alpha value is -3.14. The Morgan fingerprint density at radius 1 is 0.500 bits per heavy atom. The third kappa shape index (κ3) is 3.30. The molecule has 0 atom stereocenters. The lowest BCUT2D eigenvalue weighted by Crippen LogP contribution is -1.91. The molecule has 4 N–H and O–H groups in total. The largest absolute Gasteiger partial charge is 0.453 e. The molecule has 4 nitrogen and oxygen atoms in total. The van der Waals surface area contributed by atoms with Gasteiger partial charge in [0.2, 0.25) is 0 Å². The van der Waals surface area contributed by atoms with E-state index in [4.69, 9.17) is 20.9 Å². The van der Waals surface area contributed by atoms with Crippen LogP contribution in [0.1, 0.15) is 0 Å². The van der Waals surface area contributed by atoms with Crippen LogP contribution in [0.15, 0.2) is 72.8 Å². The lowest BCUT2D eigenvalue weighted by atomic mass is 10.3. The molecular formula is C18H16N2O2. The van der Waals surface area contributed by atoms with Crippen LogP contribution in [0.25, 0.3) is 0 Å². The normalized spacial score (nSPS) is 10.2. The highest BCUT2D eigenvalue weighted by Gasteiger charge is 2.07. The van der Waals surface area contributed by atoms with E-state index in [1.54, 1.807) is 24.3 Å². The summed E-state index contributed by atoms with van der Waals surface area (Å²) in [7, 11) is 0. The van der Waals surface area contributed by atoms with Gasteiger partial charge in [-0.2, -0.15) is 0 Å². The van der Waals surface area contributed by atoms with Gasteiger partial charge in [0, 0.05) is 11.4 Å². The number of rotatable bonds is 4. The monoisotopic (exact) mass is 292 g/mol. The molecule has 0 amide bonds. The molecule has 3 aromatic carbocycles. The van der Waals surface area contributed by atoms with Crippen LogP contribution in [0.4, 0.5) is 11.4 Å². The molecule has 22 heavy (non-hydrogen) atoms. The molecular weight excluding hydrogens is 276 g/mol. The zero-order chi connectivity index (χ0) is 15.4. The highest BCUT2D eigenvalue weighted by Crippen LogP contribution is 2.34. The van der Waals surface area contributed by atoms with Crippen LogP contribution in [0.5, 0.6) is 23.0 Å². The molecule has 110 valence electrons. The van der Waals surface area contributed by atoms with Crippen LogP contribution in [0, 0.1) is 0 Å². The van der Waals surface area contributed by atoms with E-state index >= 15 is 0 Å². The summed E-state index contributed by atoms with van der Waals surface area (Å²) in [6.07, 6.45) is 0. The number of ether oxygens (including phenoxy) is 2. The van der Waals surface area contributed by atoms with Crippen LogP contribution in [0.3, 0.4) is 0 Å². The van der Waals surface area contributed by atoms with Gasteiger partial charge < -0.3 is 20.9 Å². The minimum atomic E-state index is 0.629. The summed E-state index contributed by atoms with van der Waals surface area (Å²) in [5, 5.41) is 0. The number of para-hydroxylation sites is 2. The third-order valence-electron chi connectivity index (χ3n) is 3.06. The van der Waals surface area contributed by atoms with E-state index in [9.17, 15) is 0 Å². The summed E-state index contributed by atoms with van der Waals surface area (Å²) in [5.74, 6) is 2.65. The molecule has 3 rings (SSSR count). The molecule has 0 aliphatic rings. The molecule has 0 saturated heterocycles. The molecule has 0 saturated carbocycles. The molecule has 0 fully saturated rings. The zero-order valence-corrected chi connectivity index (χ0v) is 11.9. The van der Waals surface area contributed by atoms with Crippen molar-refractivity contribution in [3.63, 3.8) is 0 Å². The van der Waals surface area contributed by atoms with Crippen LogP contribution in [-0.2, 0) is 0 Å². The van der Waals surface area contributed by atoms with Gasteiger partial charge in [0.1, 0.15) is 11.5 Å². The van der Waals surface area contributed by atoms with Gasteiger partial charge in [-0.1, -0.05) is 12.1 Å². The number of anilines is 2. The van der Waals surface area contributed by atoms with E-state index in [0.29, 0.717) is 34.4 Å². The summed E-state index contributed by atoms with van der Waals surface area (Å²) < 4.78 is 11.7. The number of benzene rings is 3. The minimum Gasteiger partial charge on any atom is -0.453 e. The standard InChI is InChI=1S/C18H16N2O2/c19-13-5-9-15(10-6-13)21-17-3-1-2-4-18(17)22-16-11-7-14(20)8-12-16/h1-12H,19-20H2. The van der Waals surface area contributed by atoms with Gasteiger partial charge in [-0.3, -0.25) is 0 Å². The summed E-state index contributed by atoms with van der Waals surface area (Å²) in [5.41, 5.74) is 12.7. The maximum atomic E-state index is 5.86. The Morgan fingerprint density at radius 3 is 1.23 bits per heavy atom. The van der Waals surface area contributed by atoms with E-state index in [0.717, 1.165) is 0 Å². The maximum absolute atomic E-state index is 5.86. The number of hydrogen-bond acceptors (Lipinski definition) is 4. The van der Waals surface area contributed by atoms with Crippen molar-refractivity contribution in [2.24, 2.45) is 0 Å². The Labute approximate surface area is 128 Å². The lowest BCUT2D eigenvalue weighted by Gasteiger charge is -2.12. The first-order chi connectivity index (χ1) is 10.7. The first kappa shape index (κ1) is 13.8. The minimum absolute atomic E-state index is 0.629. The fourth-order valence-corrected chi connectivity index (χ4v) is 1.94. The first-order valence-corrected chi connectivity index (χ1v) is 6.86. The van der Waals surface area contributed by atoms with Crippen LogP contribution < -0.4 is 20.9 Å². The molecule has 0 aliphatic heterocycles. The molecule has 0 heterocycles. The zero-order valence-electron chi connectivity index (χ0n) is 11.9.